The van der Waals surface area contributed by atoms with Gasteiger partial charge >= 0.3 is 0 Å². The van der Waals surface area contributed by atoms with Crippen molar-refractivity contribution in [1.29, 1.82) is 0 Å². The first-order valence-electron chi connectivity index (χ1n) is 5.71. The molecule has 0 spiro atoms. The lowest BCUT2D eigenvalue weighted by Gasteiger charge is -2.15. The lowest BCUT2D eigenvalue weighted by atomic mass is 10.3. The molecule has 1 fully saturated rings. The van der Waals surface area contributed by atoms with E-state index in [1.165, 1.54) is 11.3 Å². The Labute approximate surface area is 109 Å². The number of rotatable bonds is 1. The number of likely N-dealkylation sites (tertiary alicyclic amines) is 1. The van der Waals surface area contributed by atoms with Crippen molar-refractivity contribution >= 4 is 39.1 Å². The van der Waals surface area contributed by atoms with Crippen molar-refractivity contribution in [3.05, 3.63) is 22.2 Å². The maximum Gasteiger partial charge on any atom is 0.270 e. The molecule has 0 radical (unpaired) electrons. The minimum absolute atomic E-state index is 0.143. The summed E-state index contributed by atoms with van der Waals surface area (Å²) in [6.07, 6.45) is 2.24. The van der Waals surface area contributed by atoms with Crippen LogP contribution in [-0.4, -0.2) is 28.5 Å². The smallest absolute Gasteiger partial charge is 0.270 e. The van der Waals surface area contributed by atoms with Gasteiger partial charge in [0.1, 0.15) is 5.69 Å². The second-order valence-corrected chi connectivity index (χ2v) is 6.10. The number of fused-ring (bicyclic) bond motifs is 1. The summed E-state index contributed by atoms with van der Waals surface area (Å²) in [5, 5.41) is 0. The average Bonchev–Trinajstić information content (AvgIpc) is 2.96. The van der Waals surface area contributed by atoms with Crippen LogP contribution in [0.25, 0.3) is 10.2 Å². The van der Waals surface area contributed by atoms with Crippen molar-refractivity contribution in [2.45, 2.75) is 12.8 Å². The normalized spacial score (nSPS) is 16.0. The van der Waals surface area contributed by atoms with Crippen LogP contribution in [0.4, 0.5) is 0 Å². The highest BCUT2D eigenvalue weighted by molar-refractivity contribution is 7.22. The summed E-state index contributed by atoms with van der Waals surface area (Å²) in [4.78, 5) is 14.2. The molecule has 1 amide bonds. The van der Waals surface area contributed by atoms with E-state index in [9.17, 15) is 4.79 Å². The Morgan fingerprint density at radius 2 is 2.06 bits per heavy atom. The number of carbonyl (C=O) groups is 1. The van der Waals surface area contributed by atoms with Crippen molar-refractivity contribution < 1.29 is 4.79 Å². The predicted molar refractivity (Wildman–Crippen MR) is 70.9 cm³/mol. The molecule has 0 aromatic carbocycles. The fraction of sp³-hybridized carbons (Fsp3) is 0.417. The SMILES string of the molecule is Cn1c(C(=O)N2CCCC2)cc2sc(Cl)cc21. The summed E-state index contributed by atoms with van der Waals surface area (Å²) in [7, 11) is 1.93. The van der Waals surface area contributed by atoms with E-state index < -0.39 is 0 Å². The minimum atomic E-state index is 0.143. The van der Waals surface area contributed by atoms with Gasteiger partial charge in [-0.25, -0.2) is 0 Å². The number of aryl methyl sites for hydroxylation is 1. The molecule has 0 bridgehead atoms. The molecule has 17 heavy (non-hydrogen) atoms. The summed E-state index contributed by atoms with van der Waals surface area (Å²) in [6.45, 7) is 1.77. The number of amides is 1. The van der Waals surface area contributed by atoms with Crippen molar-refractivity contribution in [3.8, 4) is 0 Å². The number of nitrogens with zero attached hydrogens (tertiary/aromatic N) is 2. The summed E-state index contributed by atoms with van der Waals surface area (Å²) < 4.78 is 3.80. The van der Waals surface area contributed by atoms with Gasteiger partial charge in [0.25, 0.3) is 5.91 Å². The molecule has 5 heteroatoms. The van der Waals surface area contributed by atoms with Gasteiger partial charge in [-0.05, 0) is 25.0 Å². The molecule has 1 aliphatic rings. The van der Waals surface area contributed by atoms with Crippen LogP contribution in [0.15, 0.2) is 12.1 Å². The third-order valence-electron chi connectivity index (χ3n) is 3.31. The zero-order valence-corrected chi connectivity index (χ0v) is 11.1. The largest absolute Gasteiger partial charge is 0.339 e. The molecule has 0 unspecified atom stereocenters. The molecule has 3 rings (SSSR count). The van der Waals surface area contributed by atoms with Gasteiger partial charge in [0.2, 0.25) is 0 Å². The van der Waals surface area contributed by atoms with Crippen molar-refractivity contribution in [1.82, 2.24) is 9.47 Å². The van der Waals surface area contributed by atoms with Crippen LogP contribution < -0.4 is 0 Å². The van der Waals surface area contributed by atoms with E-state index in [0.717, 1.165) is 46.2 Å². The molecule has 2 aromatic heterocycles. The fourth-order valence-corrected chi connectivity index (χ4v) is 3.57. The average molecular weight is 269 g/mol. The molecule has 0 N–H and O–H groups in total. The number of carbonyl (C=O) groups excluding carboxylic acids is 1. The van der Waals surface area contributed by atoms with E-state index in [0.29, 0.717) is 0 Å². The van der Waals surface area contributed by atoms with Crippen LogP contribution in [0.3, 0.4) is 0 Å². The molecule has 2 aromatic rings. The fourth-order valence-electron chi connectivity index (χ4n) is 2.37. The standard InChI is InChI=1S/C12H13ClN2OS/c1-14-8-7-11(13)17-10(8)6-9(14)12(16)15-4-2-3-5-15/h6-7H,2-5H2,1H3. The van der Waals surface area contributed by atoms with E-state index in [-0.39, 0.29) is 5.91 Å². The molecule has 1 aliphatic heterocycles. The Morgan fingerprint density at radius 1 is 1.35 bits per heavy atom. The van der Waals surface area contributed by atoms with Crippen molar-refractivity contribution in [2.24, 2.45) is 7.05 Å². The molecule has 0 atom stereocenters. The first-order chi connectivity index (χ1) is 8.16. The number of halogens is 1. The molecular formula is C12H13ClN2OS. The van der Waals surface area contributed by atoms with Crippen LogP contribution >= 0.6 is 22.9 Å². The molecule has 3 heterocycles. The third kappa shape index (κ3) is 1.76. The molecule has 1 saturated heterocycles. The Balaban J connectivity index is 2.02. The lowest BCUT2D eigenvalue weighted by Crippen LogP contribution is -2.29. The van der Waals surface area contributed by atoms with Crippen molar-refractivity contribution in [3.63, 3.8) is 0 Å². The van der Waals surface area contributed by atoms with Gasteiger partial charge in [-0.2, -0.15) is 0 Å². The topological polar surface area (TPSA) is 25.2 Å². The van der Waals surface area contributed by atoms with Crippen LogP contribution in [0.2, 0.25) is 4.34 Å². The second kappa shape index (κ2) is 4.03. The lowest BCUT2D eigenvalue weighted by molar-refractivity contribution is 0.0784. The maximum absolute atomic E-state index is 12.3. The molecule has 0 aliphatic carbocycles. The Kier molecular flexibility index (Phi) is 2.64. The second-order valence-electron chi connectivity index (χ2n) is 4.39. The number of hydrogen-bond donors (Lipinski definition) is 0. The highest BCUT2D eigenvalue weighted by Crippen LogP contribution is 2.32. The van der Waals surface area contributed by atoms with E-state index in [4.69, 9.17) is 11.6 Å². The summed E-state index contributed by atoms with van der Waals surface area (Å²) >= 11 is 7.49. The van der Waals surface area contributed by atoms with Gasteiger partial charge in [-0.1, -0.05) is 11.6 Å². The highest BCUT2D eigenvalue weighted by Gasteiger charge is 2.23. The van der Waals surface area contributed by atoms with Gasteiger partial charge in [0.05, 0.1) is 14.6 Å². The van der Waals surface area contributed by atoms with Gasteiger partial charge in [-0.3, -0.25) is 4.79 Å². The van der Waals surface area contributed by atoms with E-state index >= 15 is 0 Å². The van der Waals surface area contributed by atoms with Crippen LogP contribution in [0.1, 0.15) is 23.3 Å². The monoisotopic (exact) mass is 268 g/mol. The van der Waals surface area contributed by atoms with Gasteiger partial charge < -0.3 is 9.47 Å². The summed E-state index contributed by atoms with van der Waals surface area (Å²) in [5.74, 6) is 0.143. The molecular weight excluding hydrogens is 256 g/mol. The van der Waals surface area contributed by atoms with Crippen LogP contribution in [0, 0.1) is 0 Å². The summed E-state index contributed by atoms with van der Waals surface area (Å²) in [6, 6.07) is 3.87. The number of aromatic nitrogens is 1. The van der Waals surface area contributed by atoms with Crippen LogP contribution in [0.5, 0.6) is 0 Å². The quantitative estimate of drug-likeness (QED) is 0.780. The molecule has 90 valence electrons. The van der Waals surface area contributed by atoms with Crippen LogP contribution in [-0.2, 0) is 7.05 Å². The number of thiophene rings is 1. The van der Waals surface area contributed by atoms with Gasteiger partial charge in [0, 0.05) is 20.1 Å². The van der Waals surface area contributed by atoms with E-state index in [2.05, 4.69) is 0 Å². The van der Waals surface area contributed by atoms with E-state index in [1.54, 1.807) is 0 Å². The Bertz CT molecular complexity index is 581. The zero-order chi connectivity index (χ0) is 12.0. The highest BCUT2D eigenvalue weighted by atomic mass is 35.5. The van der Waals surface area contributed by atoms with E-state index in [1.807, 2.05) is 28.6 Å². The molecule has 0 saturated carbocycles. The minimum Gasteiger partial charge on any atom is -0.339 e. The first-order valence-corrected chi connectivity index (χ1v) is 6.90. The van der Waals surface area contributed by atoms with Gasteiger partial charge in [-0.15, -0.1) is 11.3 Å². The Morgan fingerprint density at radius 3 is 2.71 bits per heavy atom. The van der Waals surface area contributed by atoms with Gasteiger partial charge in [0.15, 0.2) is 0 Å². The number of hydrogen-bond acceptors (Lipinski definition) is 2. The summed E-state index contributed by atoms with van der Waals surface area (Å²) in [5.41, 5.74) is 1.81. The predicted octanol–water partition coefficient (Wildman–Crippen LogP) is 3.13. The third-order valence-corrected chi connectivity index (χ3v) is 4.51. The zero-order valence-electron chi connectivity index (χ0n) is 9.57. The Hall–Kier alpha value is -1.00. The first kappa shape index (κ1) is 11.1. The molecule has 3 nitrogen and oxygen atoms in total. The van der Waals surface area contributed by atoms with Crippen molar-refractivity contribution in [2.75, 3.05) is 13.1 Å². The maximum atomic E-state index is 12.3.